The highest BCUT2D eigenvalue weighted by Gasteiger charge is 2.17. The second kappa shape index (κ2) is 10.1. The van der Waals surface area contributed by atoms with Crippen LogP contribution >= 0.6 is 11.3 Å². The number of esters is 1. The maximum Gasteiger partial charge on any atom is 0.387 e. The van der Waals surface area contributed by atoms with Crippen LogP contribution in [0, 0.1) is 13.8 Å². The van der Waals surface area contributed by atoms with Crippen molar-refractivity contribution in [2.24, 2.45) is 0 Å². The predicted octanol–water partition coefficient (Wildman–Crippen LogP) is 5.86. The molecular formula is C25H21F2N3O4S. The van der Waals surface area contributed by atoms with Crippen LogP contribution < -0.4 is 10.1 Å². The molecule has 1 N–H and O–H groups in total. The number of halogens is 2. The molecule has 180 valence electrons. The van der Waals surface area contributed by atoms with Crippen molar-refractivity contribution in [3.63, 3.8) is 0 Å². The minimum Gasteiger partial charge on any atom is -0.465 e. The Labute approximate surface area is 204 Å². The molecule has 0 radical (unpaired) electrons. The minimum atomic E-state index is -2.93. The molecule has 2 heterocycles. The van der Waals surface area contributed by atoms with E-state index < -0.39 is 18.5 Å². The fourth-order valence-electron chi connectivity index (χ4n) is 3.70. The van der Waals surface area contributed by atoms with Gasteiger partial charge in [-0.1, -0.05) is 0 Å². The second-order valence-corrected chi connectivity index (χ2v) is 8.41. The van der Waals surface area contributed by atoms with Gasteiger partial charge in [0.05, 0.1) is 18.4 Å². The van der Waals surface area contributed by atoms with Crippen LogP contribution in [0.3, 0.4) is 0 Å². The number of amides is 1. The summed E-state index contributed by atoms with van der Waals surface area (Å²) >= 11 is 1.28. The van der Waals surface area contributed by atoms with E-state index in [0.717, 1.165) is 22.6 Å². The Kier molecular flexibility index (Phi) is 6.92. The first kappa shape index (κ1) is 24.1. The van der Waals surface area contributed by atoms with Crippen molar-refractivity contribution in [2.45, 2.75) is 20.5 Å². The zero-order valence-corrected chi connectivity index (χ0v) is 19.9. The largest absolute Gasteiger partial charge is 0.465 e. The highest BCUT2D eigenvalue weighted by molar-refractivity contribution is 7.14. The molecule has 0 spiro atoms. The number of alkyl halides is 2. The van der Waals surface area contributed by atoms with E-state index in [2.05, 4.69) is 19.6 Å². The van der Waals surface area contributed by atoms with E-state index in [1.165, 1.54) is 42.7 Å². The van der Waals surface area contributed by atoms with Gasteiger partial charge >= 0.3 is 12.6 Å². The number of carbonyl (C=O) groups is 2. The summed E-state index contributed by atoms with van der Waals surface area (Å²) in [6, 6.07) is 14.5. The SMILES string of the molecule is COC(=O)c1ccc(-n2c(C)cc(-c3csc(NC(=O)c4ccc(OC(F)F)cc4)n3)c2C)cc1. The highest BCUT2D eigenvalue weighted by Crippen LogP contribution is 2.32. The van der Waals surface area contributed by atoms with E-state index in [4.69, 9.17) is 4.74 Å². The third-order valence-electron chi connectivity index (χ3n) is 5.32. The summed E-state index contributed by atoms with van der Waals surface area (Å²) in [6.45, 7) is 1.02. The summed E-state index contributed by atoms with van der Waals surface area (Å²) < 4.78 is 35.7. The number of ether oxygens (including phenoxy) is 2. The lowest BCUT2D eigenvalue weighted by Crippen LogP contribution is -2.11. The van der Waals surface area contributed by atoms with E-state index in [1.54, 1.807) is 12.1 Å². The van der Waals surface area contributed by atoms with Gasteiger partial charge in [0.2, 0.25) is 0 Å². The van der Waals surface area contributed by atoms with E-state index in [9.17, 15) is 18.4 Å². The van der Waals surface area contributed by atoms with Gasteiger partial charge in [-0.05, 0) is 68.4 Å². The molecule has 0 aliphatic heterocycles. The van der Waals surface area contributed by atoms with Crippen LogP contribution in [0.5, 0.6) is 5.75 Å². The summed E-state index contributed by atoms with van der Waals surface area (Å²) in [5.41, 5.74) is 5.19. The summed E-state index contributed by atoms with van der Waals surface area (Å²) in [7, 11) is 1.34. The average Bonchev–Trinajstić information content (AvgIpc) is 3.42. The Balaban J connectivity index is 1.52. The molecule has 0 fully saturated rings. The summed E-state index contributed by atoms with van der Waals surface area (Å²) in [6.07, 6.45) is 0. The van der Waals surface area contributed by atoms with Crippen molar-refractivity contribution in [1.29, 1.82) is 0 Å². The quantitative estimate of drug-likeness (QED) is 0.324. The van der Waals surface area contributed by atoms with Gasteiger partial charge in [0.15, 0.2) is 5.13 Å². The predicted molar refractivity (Wildman–Crippen MR) is 129 cm³/mol. The molecule has 0 bridgehead atoms. The standard InChI is InChI=1S/C25H21F2N3O4S/c1-14-12-20(15(2)30(14)18-8-4-17(5-9-18)23(32)33-3)21-13-35-25(28-21)29-22(31)16-6-10-19(11-7-16)34-24(26)27/h4-13,24H,1-3H3,(H,28,29,31). The molecular weight excluding hydrogens is 476 g/mol. The lowest BCUT2D eigenvalue weighted by Gasteiger charge is -2.10. The molecule has 0 saturated carbocycles. The monoisotopic (exact) mass is 497 g/mol. The molecule has 4 rings (SSSR count). The number of carbonyl (C=O) groups excluding carboxylic acids is 2. The Hall–Kier alpha value is -4.05. The second-order valence-electron chi connectivity index (χ2n) is 7.55. The van der Waals surface area contributed by atoms with Crippen LogP contribution in [0.2, 0.25) is 0 Å². The van der Waals surface area contributed by atoms with Gasteiger partial charge in [-0.15, -0.1) is 11.3 Å². The summed E-state index contributed by atoms with van der Waals surface area (Å²) in [5, 5.41) is 4.99. The van der Waals surface area contributed by atoms with Crippen LogP contribution in [0.4, 0.5) is 13.9 Å². The molecule has 0 unspecified atom stereocenters. The van der Waals surface area contributed by atoms with Gasteiger partial charge in [-0.2, -0.15) is 8.78 Å². The van der Waals surface area contributed by atoms with Gasteiger partial charge in [-0.3, -0.25) is 10.1 Å². The molecule has 1 amide bonds. The number of hydrogen-bond donors (Lipinski definition) is 1. The van der Waals surface area contributed by atoms with E-state index in [-0.39, 0.29) is 11.3 Å². The van der Waals surface area contributed by atoms with Crippen molar-refractivity contribution >= 4 is 28.3 Å². The molecule has 10 heteroatoms. The molecule has 4 aromatic rings. The number of aromatic nitrogens is 2. The van der Waals surface area contributed by atoms with Crippen LogP contribution in [0.25, 0.3) is 16.9 Å². The lowest BCUT2D eigenvalue weighted by molar-refractivity contribution is -0.0498. The normalized spacial score (nSPS) is 10.9. The van der Waals surface area contributed by atoms with Gasteiger partial charge in [0, 0.05) is 33.6 Å². The number of methoxy groups -OCH3 is 1. The lowest BCUT2D eigenvalue weighted by atomic mass is 10.2. The third-order valence-corrected chi connectivity index (χ3v) is 6.08. The zero-order valence-electron chi connectivity index (χ0n) is 19.0. The maximum atomic E-state index is 12.5. The Morgan fingerprint density at radius 3 is 2.31 bits per heavy atom. The average molecular weight is 498 g/mol. The topological polar surface area (TPSA) is 82.5 Å². The van der Waals surface area contributed by atoms with Crippen molar-refractivity contribution in [3.05, 3.63) is 82.5 Å². The highest BCUT2D eigenvalue weighted by atomic mass is 32.1. The summed E-state index contributed by atoms with van der Waals surface area (Å²) in [4.78, 5) is 28.8. The zero-order chi connectivity index (χ0) is 25.1. The van der Waals surface area contributed by atoms with Crippen LogP contribution in [-0.2, 0) is 4.74 Å². The molecule has 2 aromatic carbocycles. The number of anilines is 1. The fourth-order valence-corrected chi connectivity index (χ4v) is 4.40. The van der Waals surface area contributed by atoms with Crippen molar-refractivity contribution in [1.82, 2.24) is 9.55 Å². The van der Waals surface area contributed by atoms with Gasteiger partial charge in [-0.25, -0.2) is 9.78 Å². The molecule has 0 atom stereocenters. The van der Waals surface area contributed by atoms with Crippen molar-refractivity contribution in [2.75, 3.05) is 12.4 Å². The van der Waals surface area contributed by atoms with Crippen LogP contribution in [0.1, 0.15) is 32.1 Å². The molecule has 0 aliphatic rings. The molecule has 35 heavy (non-hydrogen) atoms. The van der Waals surface area contributed by atoms with Crippen molar-refractivity contribution in [3.8, 4) is 22.7 Å². The van der Waals surface area contributed by atoms with Gasteiger partial charge in [0.1, 0.15) is 5.75 Å². The number of thiazole rings is 1. The maximum absolute atomic E-state index is 12.5. The van der Waals surface area contributed by atoms with Gasteiger partial charge in [0.25, 0.3) is 5.91 Å². The van der Waals surface area contributed by atoms with Crippen molar-refractivity contribution < 1.29 is 27.8 Å². The number of rotatable bonds is 7. The van der Waals surface area contributed by atoms with Gasteiger partial charge < -0.3 is 14.0 Å². The fraction of sp³-hybridized carbons (Fsp3) is 0.160. The van der Waals surface area contributed by atoms with Crippen LogP contribution in [0.15, 0.2) is 60.0 Å². The Morgan fingerprint density at radius 2 is 1.69 bits per heavy atom. The van der Waals surface area contributed by atoms with Crippen LogP contribution in [-0.4, -0.2) is 35.1 Å². The minimum absolute atomic E-state index is 0.0246. The van der Waals surface area contributed by atoms with E-state index in [0.29, 0.717) is 16.4 Å². The third kappa shape index (κ3) is 5.22. The smallest absolute Gasteiger partial charge is 0.387 e. The van der Waals surface area contributed by atoms with E-state index >= 15 is 0 Å². The molecule has 0 saturated heterocycles. The first-order valence-corrected chi connectivity index (χ1v) is 11.3. The first-order valence-electron chi connectivity index (χ1n) is 10.5. The molecule has 7 nitrogen and oxygen atoms in total. The molecule has 0 aliphatic carbocycles. The Bertz CT molecular complexity index is 1360. The Morgan fingerprint density at radius 1 is 1.03 bits per heavy atom. The summed E-state index contributed by atoms with van der Waals surface area (Å²) in [5.74, 6) is -0.832. The van der Waals surface area contributed by atoms with E-state index in [1.807, 2.05) is 37.4 Å². The number of nitrogens with zero attached hydrogens (tertiary/aromatic N) is 2. The first-order chi connectivity index (χ1) is 16.8. The molecule has 2 aromatic heterocycles. The number of nitrogens with one attached hydrogen (secondary N) is 1. The number of hydrogen-bond acceptors (Lipinski definition) is 6. The number of benzene rings is 2. The number of aryl methyl sites for hydroxylation is 1.